The highest BCUT2D eigenvalue weighted by Crippen LogP contribution is 2.27. The van der Waals surface area contributed by atoms with Crippen LogP contribution in [-0.2, 0) is 5.75 Å². The number of thioether (sulfide) groups is 1. The van der Waals surface area contributed by atoms with Gasteiger partial charge in [0.15, 0.2) is 0 Å². The van der Waals surface area contributed by atoms with E-state index in [4.69, 9.17) is 5.73 Å². The van der Waals surface area contributed by atoms with E-state index in [0.717, 1.165) is 18.1 Å². The predicted molar refractivity (Wildman–Crippen MR) is 69.6 cm³/mol. The van der Waals surface area contributed by atoms with Crippen LogP contribution in [0.15, 0.2) is 12.3 Å². The summed E-state index contributed by atoms with van der Waals surface area (Å²) in [7, 11) is 0. The maximum atomic E-state index is 5.47. The van der Waals surface area contributed by atoms with Gasteiger partial charge in [-0.05, 0) is 18.9 Å². The predicted octanol–water partition coefficient (Wildman–Crippen LogP) is 2.58. The molecule has 0 radical (unpaired) electrons. The van der Waals surface area contributed by atoms with Gasteiger partial charge in [0.1, 0.15) is 0 Å². The van der Waals surface area contributed by atoms with Crippen molar-refractivity contribution >= 4 is 11.8 Å². The Hall–Kier alpha value is -0.480. The van der Waals surface area contributed by atoms with E-state index < -0.39 is 0 Å². The zero-order valence-corrected chi connectivity index (χ0v) is 10.6. The largest absolute Gasteiger partial charge is 0.330 e. The molecule has 0 aromatic carbocycles. The summed E-state index contributed by atoms with van der Waals surface area (Å²) < 4.78 is 2.18. The van der Waals surface area contributed by atoms with Crippen LogP contribution in [0.4, 0.5) is 0 Å². The minimum atomic E-state index is 0.655. The Labute approximate surface area is 102 Å². The topological polar surface area (TPSA) is 43.8 Å². The molecule has 0 amide bonds. The molecular formula is C12H21N3S. The number of rotatable bonds is 5. The lowest BCUT2D eigenvalue weighted by molar-refractivity contribution is 0.328. The first kappa shape index (κ1) is 12.0. The second-order valence-corrected chi connectivity index (χ2v) is 5.53. The Morgan fingerprint density at radius 2 is 2.19 bits per heavy atom. The van der Waals surface area contributed by atoms with E-state index in [9.17, 15) is 0 Å². The van der Waals surface area contributed by atoms with E-state index in [1.807, 2.05) is 11.8 Å². The van der Waals surface area contributed by atoms with Crippen LogP contribution in [0.2, 0.25) is 0 Å². The lowest BCUT2D eigenvalue weighted by atomic mass is 9.96. The molecule has 2 N–H and O–H groups in total. The highest BCUT2D eigenvalue weighted by molar-refractivity contribution is 7.98. The molecular weight excluding hydrogens is 218 g/mol. The quantitative estimate of drug-likeness (QED) is 0.803. The summed E-state index contributed by atoms with van der Waals surface area (Å²) in [4.78, 5) is 0. The van der Waals surface area contributed by atoms with Gasteiger partial charge in [-0.25, -0.2) is 0 Å². The fourth-order valence-electron chi connectivity index (χ4n) is 2.26. The Morgan fingerprint density at radius 1 is 1.38 bits per heavy atom. The average molecular weight is 239 g/mol. The fourth-order valence-corrected chi connectivity index (χ4v) is 2.94. The smallest absolute Gasteiger partial charge is 0.0723 e. The van der Waals surface area contributed by atoms with Crippen molar-refractivity contribution in [1.29, 1.82) is 0 Å². The van der Waals surface area contributed by atoms with Crippen molar-refractivity contribution in [2.45, 2.75) is 43.9 Å². The van der Waals surface area contributed by atoms with E-state index in [1.165, 1.54) is 37.8 Å². The van der Waals surface area contributed by atoms with Crippen molar-refractivity contribution in [1.82, 2.24) is 9.78 Å². The highest BCUT2D eigenvalue weighted by atomic mass is 32.2. The normalized spacial score (nSPS) is 17.8. The third-order valence-corrected chi connectivity index (χ3v) is 4.15. The summed E-state index contributed by atoms with van der Waals surface area (Å²) in [6, 6.07) is 2.81. The van der Waals surface area contributed by atoms with Gasteiger partial charge in [0, 0.05) is 24.2 Å². The molecule has 4 heteroatoms. The molecule has 0 bridgehead atoms. The number of nitrogens with two attached hydrogens (primary N) is 1. The van der Waals surface area contributed by atoms with Gasteiger partial charge in [0.25, 0.3) is 0 Å². The van der Waals surface area contributed by atoms with Crippen LogP contribution in [0.25, 0.3) is 0 Å². The second-order valence-electron chi connectivity index (χ2n) is 4.42. The molecule has 1 aliphatic rings. The van der Waals surface area contributed by atoms with Crippen LogP contribution in [0.3, 0.4) is 0 Å². The van der Waals surface area contributed by atoms with Crippen LogP contribution >= 0.6 is 11.8 Å². The molecule has 1 aromatic heterocycles. The van der Waals surface area contributed by atoms with Crippen LogP contribution in [0, 0.1) is 0 Å². The first-order chi connectivity index (χ1) is 7.90. The summed E-state index contributed by atoms with van der Waals surface area (Å²) in [5, 5.41) is 4.66. The second kappa shape index (κ2) is 6.30. The number of aromatic nitrogens is 2. The van der Waals surface area contributed by atoms with Gasteiger partial charge in [0.05, 0.1) is 11.7 Å². The van der Waals surface area contributed by atoms with Gasteiger partial charge in [-0.1, -0.05) is 19.3 Å². The molecule has 0 spiro atoms. The van der Waals surface area contributed by atoms with Crippen LogP contribution in [-0.4, -0.2) is 22.1 Å². The molecule has 0 saturated heterocycles. The van der Waals surface area contributed by atoms with E-state index in [-0.39, 0.29) is 0 Å². The van der Waals surface area contributed by atoms with Crippen molar-refractivity contribution in [2.75, 3.05) is 12.3 Å². The standard InChI is InChI=1S/C12H21N3S/c13-7-9-16-10-11-6-8-15(14-11)12-4-2-1-3-5-12/h6,8,12H,1-5,7,9-10,13H2. The number of hydrogen-bond acceptors (Lipinski definition) is 3. The molecule has 0 aliphatic heterocycles. The molecule has 3 nitrogen and oxygen atoms in total. The Kier molecular flexibility index (Phi) is 4.72. The van der Waals surface area contributed by atoms with Gasteiger partial charge in [0.2, 0.25) is 0 Å². The lowest BCUT2D eigenvalue weighted by Crippen LogP contribution is -2.13. The van der Waals surface area contributed by atoms with E-state index in [0.29, 0.717) is 6.04 Å². The third-order valence-electron chi connectivity index (χ3n) is 3.12. The van der Waals surface area contributed by atoms with Gasteiger partial charge < -0.3 is 5.73 Å². The fraction of sp³-hybridized carbons (Fsp3) is 0.750. The zero-order valence-electron chi connectivity index (χ0n) is 9.77. The minimum absolute atomic E-state index is 0.655. The molecule has 1 heterocycles. The molecule has 1 aromatic rings. The lowest BCUT2D eigenvalue weighted by Gasteiger charge is -2.21. The maximum Gasteiger partial charge on any atom is 0.0723 e. The van der Waals surface area contributed by atoms with Gasteiger partial charge in [-0.3, -0.25) is 4.68 Å². The first-order valence-electron chi connectivity index (χ1n) is 6.22. The monoisotopic (exact) mass is 239 g/mol. The van der Waals surface area contributed by atoms with Crippen LogP contribution in [0.5, 0.6) is 0 Å². The van der Waals surface area contributed by atoms with Crippen molar-refractivity contribution < 1.29 is 0 Å². The van der Waals surface area contributed by atoms with Gasteiger partial charge in [-0.2, -0.15) is 16.9 Å². The molecule has 0 unspecified atom stereocenters. The number of hydrogen-bond donors (Lipinski definition) is 1. The van der Waals surface area contributed by atoms with Gasteiger partial charge in [-0.15, -0.1) is 0 Å². The van der Waals surface area contributed by atoms with Crippen molar-refractivity contribution in [3.05, 3.63) is 18.0 Å². The van der Waals surface area contributed by atoms with Crippen LogP contribution < -0.4 is 5.73 Å². The van der Waals surface area contributed by atoms with E-state index in [2.05, 4.69) is 22.0 Å². The van der Waals surface area contributed by atoms with Crippen LogP contribution in [0.1, 0.15) is 43.8 Å². The SMILES string of the molecule is NCCSCc1ccn(C2CCCCC2)n1. The average Bonchev–Trinajstić information content (AvgIpc) is 2.79. The highest BCUT2D eigenvalue weighted by Gasteiger charge is 2.15. The molecule has 1 saturated carbocycles. The number of nitrogens with zero attached hydrogens (tertiary/aromatic N) is 2. The molecule has 0 atom stereocenters. The molecule has 1 aliphatic carbocycles. The summed E-state index contributed by atoms with van der Waals surface area (Å²) in [6.07, 6.45) is 8.88. The minimum Gasteiger partial charge on any atom is -0.330 e. The maximum absolute atomic E-state index is 5.47. The van der Waals surface area contributed by atoms with Gasteiger partial charge >= 0.3 is 0 Å². The van der Waals surface area contributed by atoms with E-state index in [1.54, 1.807) is 0 Å². The summed E-state index contributed by atoms with van der Waals surface area (Å²) in [5.74, 6) is 2.02. The third kappa shape index (κ3) is 3.25. The molecule has 2 rings (SSSR count). The Bertz CT molecular complexity index is 305. The summed E-state index contributed by atoms with van der Waals surface area (Å²) in [6.45, 7) is 0.758. The van der Waals surface area contributed by atoms with E-state index >= 15 is 0 Å². The van der Waals surface area contributed by atoms with Crippen molar-refractivity contribution in [2.24, 2.45) is 5.73 Å². The molecule has 16 heavy (non-hydrogen) atoms. The first-order valence-corrected chi connectivity index (χ1v) is 7.37. The summed E-state index contributed by atoms with van der Waals surface area (Å²) >= 11 is 1.87. The zero-order chi connectivity index (χ0) is 11.2. The molecule has 90 valence electrons. The Morgan fingerprint density at radius 3 is 2.94 bits per heavy atom. The molecule has 1 fully saturated rings. The van der Waals surface area contributed by atoms with Crippen molar-refractivity contribution in [3.8, 4) is 0 Å². The Balaban J connectivity index is 1.85. The van der Waals surface area contributed by atoms with Crippen molar-refractivity contribution in [3.63, 3.8) is 0 Å². The summed E-state index contributed by atoms with van der Waals surface area (Å²) in [5.41, 5.74) is 6.67.